The lowest BCUT2D eigenvalue weighted by atomic mass is 10.1. The number of halogens is 1. The summed E-state index contributed by atoms with van der Waals surface area (Å²) in [6.45, 7) is 8.27. The number of hydrogen-bond donors (Lipinski definition) is 0. The van der Waals surface area contributed by atoms with Crippen molar-refractivity contribution in [1.29, 1.82) is 0 Å². The molecule has 2 heterocycles. The van der Waals surface area contributed by atoms with Gasteiger partial charge in [-0.1, -0.05) is 30.3 Å². The van der Waals surface area contributed by atoms with Crippen LogP contribution in [0, 0.1) is 6.92 Å². The van der Waals surface area contributed by atoms with E-state index in [0.29, 0.717) is 6.04 Å². The summed E-state index contributed by atoms with van der Waals surface area (Å²) < 4.78 is 0.965. The molecule has 1 aromatic heterocycles. The van der Waals surface area contributed by atoms with E-state index in [4.69, 9.17) is 0 Å². The Morgan fingerprint density at radius 3 is 2.68 bits per heavy atom. The van der Waals surface area contributed by atoms with Crippen molar-refractivity contribution in [3.8, 4) is 0 Å². The maximum Gasteiger partial charge on any atom is 0.225 e. The van der Waals surface area contributed by atoms with E-state index in [1.807, 2.05) is 13.1 Å². The zero-order chi connectivity index (χ0) is 15.5. The molecule has 1 unspecified atom stereocenters. The number of aromatic nitrogens is 2. The number of hydrogen-bond acceptors (Lipinski definition) is 4. The third-order valence-corrected chi connectivity index (χ3v) is 4.96. The van der Waals surface area contributed by atoms with Gasteiger partial charge in [-0.05, 0) is 35.3 Å². The largest absolute Gasteiger partial charge is 0.338 e. The van der Waals surface area contributed by atoms with E-state index in [0.717, 1.165) is 42.3 Å². The molecular formula is C17H21BrN4. The molecule has 3 rings (SSSR count). The van der Waals surface area contributed by atoms with Crippen LogP contribution in [0.1, 0.15) is 18.2 Å². The Hall–Kier alpha value is -1.46. The fraction of sp³-hybridized carbons (Fsp3) is 0.412. The first-order chi connectivity index (χ1) is 10.6. The maximum atomic E-state index is 4.59. The highest BCUT2D eigenvalue weighted by Gasteiger charge is 2.25. The van der Waals surface area contributed by atoms with Crippen LogP contribution in [0.25, 0.3) is 0 Å². The van der Waals surface area contributed by atoms with E-state index in [-0.39, 0.29) is 0 Å². The first kappa shape index (κ1) is 15.4. The minimum absolute atomic E-state index is 0.488. The second kappa shape index (κ2) is 6.75. The number of nitrogens with zero attached hydrogens (tertiary/aromatic N) is 4. The van der Waals surface area contributed by atoms with Crippen molar-refractivity contribution in [2.75, 3.05) is 24.5 Å². The first-order valence-electron chi connectivity index (χ1n) is 7.65. The van der Waals surface area contributed by atoms with Crippen LogP contribution in [0.5, 0.6) is 0 Å². The van der Waals surface area contributed by atoms with Gasteiger partial charge in [0.25, 0.3) is 0 Å². The van der Waals surface area contributed by atoms with Gasteiger partial charge in [0.15, 0.2) is 0 Å². The van der Waals surface area contributed by atoms with Gasteiger partial charge < -0.3 is 4.90 Å². The Morgan fingerprint density at radius 2 is 2.00 bits per heavy atom. The molecule has 0 N–H and O–H groups in total. The van der Waals surface area contributed by atoms with E-state index in [9.17, 15) is 0 Å². The van der Waals surface area contributed by atoms with Gasteiger partial charge in [0.2, 0.25) is 5.95 Å². The molecule has 0 aliphatic carbocycles. The molecule has 1 atom stereocenters. The minimum atomic E-state index is 0.488. The quantitative estimate of drug-likeness (QED) is 0.840. The number of aryl methyl sites for hydroxylation is 1. The van der Waals surface area contributed by atoms with Gasteiger partial charge in [-0.25, -0.2) is 9.97 Å². The molecular weight excluding hydrogens is 340 g/mol. The monoisotopic (exact) mass is 360 g/mol. The summed E-state index contributed by atoms with van der Waals surface area (Å²) in [6, 6.07) is 11.2. The molecule has 0 saturated carbocycles. The Balaban J connectivity index is 1.65. The standard InChI is InChI=1S/C17H21BrN4/c1-13-11-22(17-19-10-16(18)14(2)20-17)9-8-21(13)12-15-6-4-3-5-7-15/h3-7,10,13H,8-9,11-12H2,1-2H3. The van der Waals surface area contributed by atoms with Crippen molar-refractivity contribution >= 4 is 21.9 Å². The summed E-state index contributed by atoms with van der Waals surface area (Å²) in [4.78, 5) is 13.9. The molecule has 0 bridgehead atoms. The number of benzene rings is 1. The normalized spacial score (nSPS) is 19.4. The fourth-order valence-electron chi connectivity index (χ4n) is 2.82. The van der Waals surface area contributed by atoms with Crippen molar-refractivity contribution in [1.82, 2.24) is 14.9 Å². The van der Waals surface area contributed by atoms with Crippen molar-refractivity contribution in [2.45, 2.75) is 26.4 Å². The first-order valence-corrected chi connectivity index (χ1v) is 8.45. The molecule has 0 radical (unpaired) electrons. The predicted octanol–water partition coefficient (Wildman–Crippen LogP) is 3.26. The molecule has 1 aliphatic rings. The summed E-state index contributed by atoms with van der Waals surface area (Å²) in [5, 5.41) is 0. The highest BCUT2D eigenvalue weighted by atomic mass is 79.9. The van der Waals surface area contributed by atoms with E-state index >= 15 is 0 Å². The van der Waals surface area contributed by atoms with E-state index < -0.39 is 0 Å². The van der Waals surface area contributed by atoms with Gasteiger partial charge >= 0.3 is 0 Å². The van der Waals surface area contributed by atoms with Gasteiger partial charge in [0.1, 0.15) is 0 Å². The van der Waals surface area contributed by atoms with Crippen LogP contribution in [0.4, 0.5) is 5.95 Å². The Bertz CT molecular complexity index is 632. The highest BCUT2D eigenvalue weighted by molar-refractivity contribution is 9.10. The van der Waals surface area contributed by atoms with Crippen molar-refractivity contribution in [3.63, 3.8) is 0 Å². The smallest absolute Gasteiger partial charge is 0.225 e. The third kappa shape index (κ3) is 3.47. The molecule has 2 aromatic rings. The molecule has 5 heteroatoms. The summed E-state index contributed by atoms with van der Waals surface area (Å²) in [7, 11) is 0. The predicted molar refractivity (Wildman–Crippen MR) is 93.0 cm³/mol. The second-order valence-corrected chi connectivity index (χ2v) is 6.71. The third-order valence-electron chi connectivity index (χ3n) is 4.18. The minimum Gasteiger partial charge on any atom is -0.338 e. The molecule has 1 saturated heterocycles. The van der Waals surface area contributed by atoms with Gasteiger partial charge in [-0.3, -0.25) is 4.90 Å². The lowest BCUT2D eigenvalue weighted by Gasteiger charge is -2.40. The summed E-state index contributed by atoms with van der Waals surface area (Å²) >= 11 is 3.46. The Kier molecular flexibility index (Phi) is 4.74. The van der Waals surface area contributed by atoms with Crippen LogP contribution in [0.2, 0.25) is 0 Å². The molecule has 4 nitrogen and oxygen atoms in total. The topological polar surface area (TPSA) is 32.3 Å². The number of anilines is 1. The summed E-state index contributed by atoms with van der Waals surface area (Å²) in [5.41, 5.74) is 2.36. The summed E-state index contributed by atoms with van der Waals surface area (Å²) in [6.07, 6.45) is 1.85. The molecule has 1 aliphatic heterocycles. The number of rotatable bonds is 3. The average molecular weight is 361 g/mol. The van der Waals surface area contributed by atoms with E-state index in [1.54, 1.807) is 0 Å². The molecule has 1 aromatic carbocycles. The van der Waals surface area contributed by atoms with Gasteiger partial charge in [0, 0.05) is 38.4 Å². The fourth-order valence-corrected chi connectivity index (χ4v) is 3.01. The average Bonchev–Trinajstić information content (AvgIpc) is 2.53. The summed E-state index contributed by atoms with van der Waals surface area (Å²) in [5.74, 6) is 0.840. The van der Waals surface area contributed by atoms with E-state index in [1.165, 1.54) is 5.56 Å². The van der Waals surface area contributed by atoms with Crippen LogP contribution < -0.4 is 4.90 Å². The van der Waals surface area contributed by atoms with Crippen molar-refractivity contribution in [2.24, 2.45) is 0 Å². The van der Waals surface area contributed by atoms with Crippen LogP contribution >= 0.6 is 15.9 Å². The van der Waals surface area contributed by atoms with E-state index in [2.05, 4.69) is 73.0 Å². The second-order valence-electron chi connectivity index (χ2n) is 5.85. The van der Waals surface area contributed by atoms with Crippen LogP contribution in [0.15, 0.2) is 41.0 Å². The number of piperazine rings is 1. The molecule has 0 spiro atoms. The molecule has 116 valence electrons. The van der Waals surface area contributed by atoms with Crippen molar-refractivity contribution < 1.29 is 0 Å². The maximum absolute atomic E-state index is 4.59. The Morgan fingerprint density at radius 1 is 1.23 bits per heavy atom. The lowest BCUT2D eigenvalue weighted by molar-refractivity contribution is 0.180. The molecule has 1 fully saturated rings. The van der Waals surface area contributed by atoms with Crippen LogP contribution in [-0.2, 0) is 6.54 Å². The zero-order valence-electron chi connectivity index (χ0n) is 13.0. The molecule has 0 amide bonds. The zero-order valence-corrected chi connectivity index (χ0v) is 14.6. The van der Waals surface area contributed by atoms with Gasteiger partial charge in [0.05, 0.1) is 10.2 Å². The Labute approximate surface area is 140 Å². The van der Waals surface area contributed by atoms with Crippen molar-refractivity contribution in [3.05, 3.63) is 52.3 Å². The highest BCUT2D eigenvalue weighted by Crippen LogP contribution is 2.20. The van der Waals surface area contributed by atoms with Crippen LogP contribution in [-0.4, -0.2) is 40.5 Å². The van der Waals surface area contributed by atoms with Gasteiger partial charge in [-0.15, -0.1) is 0 Å². The van der Waals surface area contributed by atoms with Crippen LogP contribution in [0.3, 0.4) is 0 Å². The van der Waals surface area contributed by atoms with Gasteiger partial charge in [-0.2, -0.15) is 0 Å². The lowest BCUT2D eigenvalue weighted by Crippen LogP contribution is -2.52. The SMILES string of the molecule is Cc1nc(N2CCN(Cc3ccccc3)C(C)C2)ncc1Br. The molecule has 22 heavy (non-hydrogen) atoms.